The van der Waals surface area contributed by atoms with Gasteiger partial charge in [-0.3, -0.25) is 9.59 Å². The van der Waals surface area contributed by atoms with Crippen molar-refractivity contribution in [3.05, 3.63) is 35.9 Å². The van der Waals surface area contributed by atoms with Gasteiger partial charge < -0.3 is 10.6 Å². The van der Waals surface area contributed by atoms with Crippen LogP contribution in [0.4, 0.5) is 4.79 Å². The Bertz CT molecular complexity index is 782. The van der Waals surface area contributed by atoms with Crippen molar-refractivity contribution in [3.63, 3.8) is 0 Å². The predicted octanol–water partition coefficient (Wildman–Crippen LogP) is 4.07. The molecule has 2 N–H and O–H groups in total. The summed E-state index contributed by atoms with van der Waals surface area (Å²) in [6.45, 7) is 1.66. The maximum absolute atomic E-state index is 13.2. The van der Waals surface area contributed by atoms with Gasteiger partial charge in [0.2, 0.25) is 5.91 Å². The van der Waals surface area contributed by atoms with Gasteiger partial charge in [-0.05, 0) is 37.7 Å². The maximum Gasteiger partial charge on any atom is 0.325 e. The summed E-state index contributed by atoms with van der Waals surface area (Å²) in [5, 5.41) is 6.04. The Morgan fingerprint density at radius 3 is 2.43 bits per heavy atom. The second kappa shape index (κ2) is 8.78. The van der Waals surface area contributed by atoms with Crippen molar-refractivity contribution < 1.29 is 14.4 Å². The molecule has 1 saturated heterocycles. The molecule has 0 bridgehead atoms. The second-order valence-electron chi connectivity index (χ2n) is 9.28. The highest BCUT2D eigenvalue weighted by Crippen LogP contribution is 2.36. The molecule has 4 rings (SSSR count). The molecule has 0 aromatic heterocycles. The van der Waals surface area contributed by atoms with Gasteiger partial charge in [-0.15, -0.1) is 0 Å². The molecule has 6 nitrogen and oxygen atoms in total. The van der Waals surface area contributed by atoms with Crippen LogP contribution in [-0.4, -0.2) is 34.3 Å². The van der Waals surface area contributed by atoms with Crippen LogP contribution < -0.4 is 10.6 Å². The Morgan fingerprint density at radius 1 is 1.10 bits per heavy atom. The van der Waals surface area contributed by atoms with Crippen molar-refractivity contribution in [2.45, 2.75) is 88.8 Å². The van der Waals surface area contributed by atoms with Crippen LogP contribution in [-0.2, 0) is 9.59 Å². The van der Waals surface area contributed by atoms with E-state index in [0.29, 0.717) is 18.8 Å². The molecule has 2 unspecified atom stereocenters. The normalized spacial score (nSPS) is 23.4. The highest BCUT2D eigenvalue weighted by Gasteiger charge is 2.54. The molecule has 1 aromatic rings. The lowest BCUT2D eigenvalue weighted by Crippen LogP contribution is -2.50. The summed E-state index contributed by atoms with van der Waals surface area (Å²) in [6, 6.07) is 8.66. The van der Waals surface area contributed by atoms with E-state index in [-0.39, 0.29) is 17.9 Å². The molecule has 1 aliphatic heterocycles. The molecule has 30 heavy (non-hydrogen) atoms. The molecule has 1 aromatic carbocycles. The molecule has 0 radical (unpaired) electrons. The fourth-order valence-corrected chi connectivity index (χ4v) is 5.44. The average Bonchev–Trinajstić information content (AvgIpc) is 3.33. The van der Waals surface area contributed by atoms with Gasteiger partial charge in [0.1, 0.15) is 11.6 Å². The van der Waals surface area contributed by atoms with Gasteiger partial charge in [0.25, 0.3) is 5.91 Å². The summed E-state index contributed by atoms with van der Waals surface area (Å²) in [6.07, 6.45) is 10.3. The number of imide groups is 1. The summed E-state index contributed by atoms with van der Waals surface area (Å²) in [5.74, 6) is 0.0902. The molecule has 2 aliphatic carbocycles. The predicted molar refractivity (Wildman–Crippen MR) is 115 cm³/mol. The minimum atomic E-state index is -0.824. The number of amides is 4. The van der Waals surface area contributed by atoms with Crippen LogP contribution in [0.15, 0.2) is 30.3 Å². The molecule has 162 valence electrons. The van der Waals surface area contributed by atoms with Crippen molar-refractivity contribution in [3.8, 4) is 0 Å². The average molecular weight is 412 g/mol. The van der Waals surface area contributed by atoms with Gasteiger partial charge in [-0.1, -0.05) is 75.3 Å². The Kier molecular flexibility index (Phi) is 6.11. The van der Waals surface area contributed by atoms with E-state index in [4.69, 9.17) is 0 Å². The van der Waals surface area contributed by atoms with E-state index >= 15 is 0 Å². The van der Waals surface area contributed by atoms with Gasteiger partial charge in [0.05, 0.1) is 6.04 Å². The van der Waals surface area contributed by atoms with Crippen LogP contribution in [0.3, 0.4) is 0 Å². The highest BCUT2D eigenvalue weighted by molar-refractivity contribution is 6.10. The number of nitrogens with zero attached hydrogens (tertiary/aromatic N) is 1. The van der Waals surface area contributed by atoms with Gasteiger partial charge in [-0.2, -0.15) is 0 Å². The van der Waals surface area contributed by atoms with E-state index in [1.807, 2.05) is 30.3 Å². The number of nitrogens with one attached hydrogen (secondary N) is 2. The number of hydrogen-bond donors (Lipinski definition) is 2. The Morgan fingerprint density at radius 2 is 1.77 bits per heavy atom. The third-order valence-electron chi connectivity index (χ3n) is 7.23. The van der Waals surface area contributed by atoms with Crippen molar-refractivity contribution in [1.29, 1.82) is 0 Å². The zero-order valence-electron chi connectivity index (χ0n) is 17.9. The van der Waals surface area contributed by atoms with Crippen LogP contribution >= 0.6 is 0 Å². The molecule has 4 amide bonds. The number of carbonyl (C=O) groups excluding carboxylic acids is 3. The molecular weight excluding hydrogens is 378 g/mol. The summed E-state index contributed by atoms with van der Waals surface area (Å²) in [5.41, 5.74) is 0.292. The van der Waals surface area contributed by atoms with Gasteiger partial charge in [0.15, 0.2) is 0 Å². The van der Waals surface area contributed by atoms with Crippen molar-refractivity contribution in [1.82, 2.24) is 15.5 Å². The van der Waals surface area contributed by atoms with Crippen molar-refractivity contribution >= 4 is 17.8 Å². The van der Waals surface area contributed by atoms with Crippen LogP contribution in [0, 0.1) is 5.92 Å². The molecule has 2 saturated carbocycles. The third-order valence-corrected chi connectivity index (χ3v) is 7.23. The first-order valence-electron chi connectivity index (χ1n) is 11.5. The molecule has 1 heterocycles. The van der Waals surface area contributed by atoms with Crippen molar-refractivity contribution in [2.24, 2.45) is 5.92 Å². The lowest BCUT2D eigenvalue weighted by Gasteiger charge is -2.30. The maximum atomic E-state index is 13.2. The topological polar surface area (TPSA) is 78.5 Å². The second-order valence-corrected chi connectivity index (χ2v) is 9.28. The van der Waals surface area contributed by atoms with E-state index in [1.54, 1.807) is 6.92 Å². The zero-order chi connectivity index (χ0) is 21.1. The SMILES string of the molecule is CC(C(=O)NC(CC1CCCCC1)c1ccccc1)N1C(=O)NC2(CCCC2)C1=O. The number of hydrogen-bond acceptors (Lipinski definition) is 3. The summed E-state index contributed by atoms with van der Waals surface area (Å²) >= 11 is 0. The Hall–Kier alpha value is -2.37. The van der Waals surface area contributed by atoms with Crippen LogP contribution in [0.5, 0.6) is 0 Å². The zero-order valence-corrected chi connectivity index (χ0v) is 17.9. The molecule has 3 aliphatic rings. The fraction of sp³-hybridized carbons (Fsp3) is 0.625. The van der Waals surface area contributed by atoms with Gasteiger partial charge in [0, 0.05) is 0 Å². The molecule has 2 atom stereocenters. The van der Waals surface area contributed by atoms with E-state index in [1.165, 1.54) is 32.1 Å². The molecule has 1 spiro atoms. The van der Waals surface area contributed by atoms with Crippen molar-refractivity contribution in [2.75, 3.05) is 0 Å². The first kappa shape index (κ1) is 20.9. The number of rotatable bonds is 6. The summed E-state index contributed by atoms with van der Waals surface area (Å²) in [4.78, 5) is 39.9. The molecule has 6 heteroatoms. The van der Waals surface area contributed by atoms with E-state index < -0.39 is 17.6 Å². The standard InChI is InChI=1S/C24H33N3O3/c1-17(27-22(29)24(26-23(27)30)14-8-9-15-24)21(28)25-20(19-12-6-3-7-13-19)16-18-10-4-2-5-11-18/h3,6-7,12-13,17-18,20H,2,4-5,8-11,14-16H2,1H3,(H,25,28)(H,26,30). The van der Waals surface area contributed by atoms with E-state index in [2.05, 4.69) is 10.6 Å². The lowest BCUT2D eigenvalue weighted by molar-refractivity contribution is -0.138. The molecule has 3 fully saturated rings. The minimum absolute atomic E-state index is 0.106. The summed E-state index contributed by atoms with van der Waals surface area (Å²) < 4.78 is 0. The van der Waals surface area contributed by atoms with Crippen LogP contribution in [0.2, 0.25) is 0 Å². The monoisotopic (exact) mass is 411 g/mol. The van der Waals surface area contributed by atoms with Crippen LogP contribution in [0.1, 0.15) is 82.7 Å². The smallest absolute Gasteiger partial charge is 0.325 e. The quantitative estimate of drug-likeness (QED) is 0.693. The number of carbonyl (C=O) groups is 3. The van der Waals surface area contributed by atoms with E-state index in [0.717, 1.165) is 29.7 Å². The number of benzene rings is 1. The number of urea groups is 1. The van der Waals surface area contributed by atoms with Gasteiger partial charge in [-0.25, -0.2) is 9.69 Å². The Balaban J connectivity index is 1.47. The molecular formula is C24H33N3O3. The van der Waals surface area contributed by atoms with Crippen LogP contribution in [0.25, 0.3) is 0 Å². The summed E-state index contributed by atoms with van der Waals surface area (Å²) in [7, 11) is 0. The van der Waals surface area contributed by atoms with Gasteiger partial charge >= 0.3 is 6.03 Å². The Labute approximate surface area is 178 Å². The first-order valence-corrected chi connectivity index (χ1v) is 11.5. The first-order chi connectivity index (χ1) is 14.5. The largest absolute Gasteiger partial charge is 0.347 e. The minimum Gasteiger partial charge on any atom is -0.347 e. The fourth-order valence-electron chi connectivity index (χ4n) is 5.44. The highest BCUT2D eigenvalue weighted by atomic mass is 16.2. The lowest BCUT2D eigenvalue weighted by atomic mass is 9.83. The third kappa shape index (κ3) is 4.09. The van der Waals surface area contributed by atoms with E-state index in [9.17, 15) is 14.4 Å².